The smallest absolute Gasteiger partial charge is 0.118 e. The van der Waals surface area contributed by atoms with Gasteiger partial charge in [-0.25, -0.2) is 0 Å². The van der Waals surface area contributed by atoms with Crippen LogP contribution in [0.25, 0.3) is 0 Å². The van der Waals surface area contributed by atoms with E-state index in [2.05, 4.69) is 57.8 Å². The molecule has 120 valence electrons. The van der Waals surface area contributed by atoms with Crippen LogP contribution in [0.4, 0.5) is 0 Å². The van der Waals surface area contributed by atoms with Crippen LogP contribution in [-0.4, -0.2) is 23.0 Å². The lowest BCUT2D eigenvalue weighted by atomic mass is 9.86. The van der Waals surface area contributed by atoms with E-state index in [4.69, 9.17) is 4.42 Å². The molecule has 1 aliphatic rings. The largest absolute Gasteiger partial charge is 0.468 e. The quantitative estimate of drug-likeness (QED) is 0.908. The van der Waals surface area contributed by atoms with Crippen LogP contribution in [0, 0.1) is 11.8 Å². The van der Waals surface area contributed by atoms with Crippen LogP contribution in [0.1, 0.15) is 59.3 Å². The van der Waals surface area contributed by atoms with Crippen molar-refractivity contribution in [2.24, 2.45) is 11.8 Å². The van der Waals surface area contributed by atoms with Crippen LogP contribution in [-0.2, 0) is 13.1 Å². The molecular weight excluding hydrogens is 260 g/mol. The molecule has 0 bridgehead atoms. The lowest BCUT2D eigenvalue weighted by molar-refractivity contribution is 0.0668. The van der Waals surface area contributed by atoms with Gasteiger partial charge in [-0.15, -0.1) is 0 Å². The van der Waals surface area contributed by atoms with Crippen molar-refractivity contribution in [2.45, 2.75) is 72.6 Å². The Morgan fingerprint density at radius 1 is 1.29 bits per heavy atom. The molecule has 3 unspecified atom stereocenters. The van der Waals surface area contributed by atoms with Crippen molar-refractivity contribution in [1.82, 2.24) is 10.2 Å². The van der Waals surface area contributed by atoms with E-state index >= 15 is 0 Å². The van der Waals surface area contributed by atoms with E-state index in [-0.39, 0.29) is 5.54 Å². The summed E-state index contributed by atoms with van der Waals surface area (Å²) in [7, 11) is 0. The number of likely N-dealkylation sites (tertiary alicyclic amines) is 1. The van der Waals surface area contributed by atoms with Gasteiger partial charge in [0, 0.05) is 30.2 Å². The standard InChI is InChI=1S/C18H32N2O/c1-13-7-14(2)15(3)20(10-13)11-17-8-16(12-21-17)9-19-18(4,5)6/h8,12-15,19H,7,9-11H2,1-6H3. The molecule has 0 aromatic carbocycles. The van der Waals surface area contributed by atoms with E-state index in [0.717, 1.165) is 30.7 Å². The van der Waals surface area contributed by atoms with Crippen molar-refractivity contribution >= 4 is 0 Å². The summed E-state index contributed by atoms with van der Waals surface area (Å²) in [4.78, 5) is 2.57. The fraction of sp³-hybridized carbons (Fsp3) is 0.778. The Morgan fingerprint density at radius 3 is 2.67 bits per heavy atom. The van der Waals surface area contributed by atoms with Gasteiger partial charge in [-0.2, -0.15) is 0 Å². The second kappa shape index (κ2) is 6.53. The molecule has 1 aliphatic heterocycles. The van der Waals surface area contributed by atoms with Gasteiger partial charge in [0.05, 0.1) is 12.8 Å². The SMILES string of the molecule is CC1CC(C)C(C)N(Cc2cc(CNC(C)(C)C)co2)C1. The molecule has 3 heteroatoms. The summed E-state index contributed by atoms with van der Waals surface area (Å²) in [6, 6.07) is 2.84. The van der Waals surface area contributed by atoms with Crippen LogP contribution in [0.2, 0.25) is 0 Å². The number of rotatable bonds is 4. The average molecular weight is 292 g/mol. The first kappa shape index (κ1) is 16.6. The Labute approximate surface area is 130 Å². The molecule has 0 amide bonds. The van der Waals surface area contributed by atoms with E-state index in [9.17, 15) is 0 Å². The van der Waals surface area contributed by atoms with Crippen LogP contribution in [0.15, 0.2) is 16.7 Å². The fourth-order valence-electron chi connectivity index (χ4n) is 3.21. The topological polar surface area (TPSA) is 28.4 Å². The highest BCUT2D eigenvalue weighted by Crippen LogP contribution is 2.28. The number of furan rings is 1. The minimum absolute atomic E-state index is 0.143. The van der Waals surface area contributed by atoms with E-state index in [0.29, 0.717) is 6.04 Å². The summed E-state index contributed by atoms with van der Waals surface area (Å²) in [5, 5.41) is 3.50. The van der Waals surface area contributed by atoms with Gasteiger partial charge in [0.15, 0.2) is 0 Å². The minimum Gasteiger partial charge on any atom is -0.468 e. The second-order valence-corrected chi connectivity index (χ2v) is 8.01. The van der Waals surface area contributed by atoms with Crippen LogP contribution in [0.3, 0.4) is 0 Å². The lowest BCUT2D eigenvalue weighted by Gasteiger charge is -2.40. The maximum Gasteiger partial charge on any atom is 0.118 e. The number of nitrogens with one attached hydrogen (secondary N) is 1. The molecule has 1 aromatic heterocycles. The molecule has 0 radical (unpaired) electrons. The van der Waals surface area contributed by atoms with Gasteiger partial charge in [0.25, 0.3) is 0 Å². The zero-order chi connectivity index (χ0) is 15.6. The van der Waals surface area contributed by atoms with Crippen LogP contribution in [0.5, 0.6) is 0 Å². The highest BCUT2D eigenvalue weighted by atomic mass is 16.3. The van der Waals surface area contributed by atoms with Gasteiger partial charge >= 0.3 is 0 Å². The zero-order valence-electron chi connectivity index (χ0n) is 14.6. The number of hydrogen-bond acceptors (Lipinski definition) is 3. The highest BCUT2D eigenvalue weighted by Gasteiger charge is 2.29. The molecule has 1 aromatic rings. The van der Waals surface area contributed by atoms with Crippen molar-refractivity contribution in [3.63, 3.8) is 0 Å². The van der Waals surface area contributed by atoms with Gasteiger partial charge < -0.3 is 9.73 Å². The molecular formula is C18H32N2O. The molecule has 0 spiro atoms. The molecule has 3 nitrogen and oxygen atoms in total. The monoisotopic (exact) mass is 292 g/mol. The normalized spacial score (nSPS) is 28.0. The zero-order valence-corrected chi connectivity index (χ0v) is 14.6. The van der Waals surface area contributed by atoms with Gasteiger partial charge in [-0.05, 0) is 52.0 Å². The van der Waals surface area contributed by atoms with Crippen molar-refractivity contribution < 1.29 is 4.42 Å². The molecule has 1 fully saturated rings. The highest BCUT2D eigenvalue weighted by molar-refractivity contribution is 5.13. The Morgan fingerprint density at radius 2 is 2.00 bits per heavy atom. The van der Waals surface area contributed by atoms with Gasteiger partial charge in [-0.1, -0.05) is 13.8 Å². The third kappa shape index (κ3) is 4.86. The molecule has 2 rings (SSSR count). The summed E-state index contributed by atoms with van der Waals surface area (Å²) in [5.74, 6) is 2.65. The molecule has 3 atom stereocenters. The van der Waals surface area contributed by atoms with E-state index in [1.807, 2.05) is 6.26 Å². The first-order valence-electron chi connectivity index (χ1n) is 8.30. The van der Waals surface area contributed by atoms with E-state index < -0.39 is 0 Å². The summed E-state index contributed by atoms with van der Waals surface area (Å²) in [5.41, 5.74) is 1.38. The van der Waals surface area contributed by atoms with Crippen molar-refractivity contribution in [3.05, 3.63) is 23.7 Å². The van der Waals surface area contributed by atoms with Gasteiger partial charge in [0.2, 0.25) is 0 Å². The number of hydrogen-bond donors (Lipinski definition) is 1. The van der Waals surface area contributed by atoms with Crippen molar-refractivity contribution in [3.8, 4) is 0 Å². The lowest BCUT2D eigenvalue weighted by Crippen LogP contribution is -2.45. The Balaban J connectivity index is 1.92. The molecule has 1 N–H and O–H groups in total. The van der Waals surface area contributed by atoms with Crippen LogP contribution < -0.4 is 5.32 Å². The summed E-state index contributed by atoms with van der Waals surface area (Å²) < 4.78 is 5.77. The third-order valence-corrected chi connectivity index (χ3v) is 4.61. The molecule has 0 saturated carbocycles. The summed E-state index contributed by atoms with van der Waals surface area (Å²) >= 11 is 0. The van der Waals surface area contributed by atoms with Crippen molar-refractivity contribution in [1.29, 1.82) is 0 Å². The third-order valence-electron chi connectivity index (χ3n) is 4.61. The van der Waals surface area contributed by atoms with E-state index in [1.54, 1.807) is 0 Å². The Bertz CT molecular complexity index is 446. The number of piperidine rings is 1. The number of nitrogens with zero attached hydrogens (tertiary/aromatic N) is 1. The van der Waals surface area contributed by atoms with Crippen molar-refractivity contribution in [2.75, 3.05) is 6.54 Å². The molecule has 0 aliphatic carbocycles. The van der Waals surface area contributed by atoms with E-state index in [1.165, 1.54) is 18.5 Å². The second-order valence-electron chi connectivity index (χ2n) is 8.01. The summed E-state index contributed by atoms with van der Waals surface area (Å²) in [6.45, 7) is 16.6. The average Bonchev–Trinajstić information content (AvgIpc) is 2.80. The first-order chi connectivity index (χ1) is 9.74. The minimum atomic E-state index is 0.143. The predicted molar refractivity (Wildman–Crippen MR) is 88.1 cm³/mol. The van der Waals surface area contributed by atoms with Gasteiger partial charge in [0.1, 0.15) is 5.76 Å². The first-order valence-corrected chi connectivity index (χ1v) is 8.30. The maximum atomic E-state index is 5.77. The Hall–Kier alpha value is -0.800. The Kier molecular flexibility index (Phi) is 5.15. The summed E-state index contributed by atoms with van der Waals surface area (Å²) in [6.07, 6.45) is 3.24. The molecule has 21 heavy (non-hydrogen) atoms. The van der Waals surface area contributed by atoms with Gasteiger partial charge in [-0.3, -0.25) is 4.90 Å². The fourth-order valence-corrected chi connectivity index (χ4v) is 3.21. The maximum absolute atomic E-state index is 5.77. The predicted octanol–water partition coefficient (Wildman–Crippen LogP) is 4.03. The van der Waals surface area contributed by atoms with Crippen LogP contribution >= 0.6 is 0 Å². The molecule has 1 saturated heterocycles. The molecule has 2 heterocycles.